The van der Waals surface area contributed by atoms with Crippen molar-refractivity contribution in [1.29, 1.82) is 0 Å². The van der Waals surface area contributed by atoms with E-state index in [0.29, 0.717) is 56.5 Å². The molecule has 0 unspecified atom stereocenters. The van der Waals surface area contributed by atoms with E-state index in [1.54, 1.807) is 30.3 Å². The summed E-state index contributed by atoms with van der Waals surface area (Å²) in [6, 6.07) is 28.9. The van der Waals surface area contributed by atoms with E-state index < -0.39 is 11.9 Å². The van der Waals surface area contributed by atoms with Crippen molar-refractivity contribution >= 4 is 5.97 Å². The van der Waals surface area contributed by atoms with Crippen LogP contribution in [0.15, 0.2) is 124 Å². The van der Waals surface area contributed by atoms with Crippen LogP contribution in [0, 0.1) is 13.8 Å². The Hall–Kier alpha value is -5.83. The number of esters is 1. The molecule has 3 heterocycles. The zero-order valence-corrected chi connectivity index (χ0v) is 24.2. The number of hydrogen-bond donors (Lipinski definition) is 2. The van der Waals surface area contributed by atoms with E-state index >= 15 is 0 Å². The third kappa shape index (κ3) is 5.15. The van der Waals surface area contributed by atoms with Crippen LogP contribution in [0.25, 0.3) is 22.7 Å². The van der Waals surface area contributed by atoms with Gasteiger partial charge in [-0.2, -0.15) is 0 Å². The second kappa shape index (κ2) is 11.8. The quantitative estimate of drug-likeness (QED) is 0.158. The zero-order chi connectivity index (χ0) is 30.8. The van der Waals surface area contributed by atoms with Gasteiger partial charge in [0.25, 0.3) is 11.1 Å². The maximum Gasteiger partial charge on any atom is 0.338 e. The highest BCUT2D eigenvalue weighted by atomic mass is 16.5. The van der Waals surface area contributed by atoms with Gasteiger partial charge in [0.1, 0.15) is 18.1 Å². The standard InChI is InChI=1S/C35H30N4O5/c1-4-20-43-35(42)25-13-11-12-24(21-25)28-18-19-29(44-28)32(30-22(2)36-38(33(30)40)26-14-7-5-8-15-26)31-23(3)37-39(34(31)41)27-16-9-6-10-17-27/h4-19,21,32,36-37H,1,20H2,2-3H3. The number of carbonyl (C=O) groups excluding carboxylic acids is 1. The van der Waals surface area contributed by atoms with E-state index in [4.69, 9.17) is 9.15 Å². The highest BCUT2D eigenvalue weighted by molar-refractivity contribution is 5.90. The maximum atomic E-state index is 14.1. The summed E-state index contributed by atoms with van der Waals surface area (Å²) < 4.78 is 14.5. The predicted molar refractivity (Wildman–Crippen MR) is 168 cm³/mol. The molecule has 6 aromatic rings. The second-order valence-corrected chi connectivity index (χ2v) is 10.4. The molecule has 0 saturated carbocycles. The Labute approximate surface area is 252 Å². The number of hydrogen-bond acceptors (Lipinski definition) is 5. The van der Waals surface area contributed by atoms with Crippen molar-refractivity contribution < 1.29 is 13.9 Å². The largest absolute Gasteiger partial charge is 0.460 e. The molecule has 0 atom stereocenters. The molecule has 0 saturated heterocycles. The fraction of sp³-hybridized carbons (Fsp3) is 0.114. The van der Waals surface area contributed by atoms with E-state index in [0.717, 1.165) is 0 Å². The number of para-hydroxylation sites is 2. The van der Waals surface area contributed by atoms with Crippen LogP contribution < -0.4 is 11.1 Å². The Bertz CT molecular complexity index is 1980. The zero-order valence-electron chi connectivity index (χ0n) is 24.2. The number of aromatic amines is 2. The number of furan rings is 1. The number of benzene rings is 3. The molecule has 0 bridgehead atoms. The Balaban J connectivity index is 1.51. The first-order chi connectivity index (χ1) is 21.4. The summed E-state index contributed by atoms with van der Waals surface area (Å²) in [5.41, 5.74) is 3.70. The minimum absolute atomic E-state index is 0.0999. The smallest absolute Gasteiger partial charge is 0.338 e. The summed E-state index contributed by atoms with van der Waals surface area (Å²) in [6.45, 7) is 7.30. The molecule has 6 rings (SSSR count). The van der Waals surface area contributed by atoms with Crippen molar-refractivity contribution in [2.75, 3.05) is 6.61 Å². The summed E-state index contributed by atoms with van der Waals surface area (Å²) in [5.74, 6) is -0.452. The molecule has 0 amide bonds. The fourth-order valence-corrected chi connectivity index (χ4v) is 5.43. The van der Waals surface area contributed by atoms with E-state index in [-0.39, 0.29) is 17.7 Å². The number of carbonyl (C=O) groups is 1. The topological polar surface area (TPSA) is 115 Å². The van der Waals surface area contributed by atoms with Crippen LogP contribution in [0.4, 0.5) is 0 Å². The molecule has 3 aromatic carbocycles. The van der Waals surface area contributed by atoms with Crippen molar-refractivity contribution in [1.82, 2.24) is 19.6 Å². The maximum absolute atomic E-state index is 14.1. The van der Waals surface area contributed by atoms with Crippen molar-refractivity contribution in [3.05, 3.63) is 164 Å². The normalized spacial score (nSPS) is 11.2. The lowest BCUT2D eigenvalue weighted by Gasteiger charge is -2.13. The lowest BCUT2D eigenvalue weighted by atomic mass is 9.89. The van der Waals surface area contributed by atoms with Gasteiger partial charge in [0.2, 0.25) is 0 Å². The Morgan fingerprint density at radius 2 is 1.39 bits per heavy atom. The third-order valence-corrected chi connectivity index (χ3v) is 7.47. The van der Waals surface area contributed by atoms with E-state index in [9.17, 15) is 14.4 Å². The van der Waals surface area contributed by atoms with Gasteiger partial charge in [-0.3, -0.25) is 19.8 Å². The van der Waals surface area contributed by atoms with Gasteiger partial charge in [-0.15, -0.1) is 0 Å². The van der Waals surface area contributed by atoms with Crippen molar-refractivity contribution in [2.45, 2.75) is 19.8 Å². The van der Waals surface area contributed by atoms with Gasteiger partial charge in [0.15, 0.2) is 0 Å². The molecule has 0 aliphatic carbocycles. The average Bonchev–Trinajstić information content (AvgIpc) is 3.74. The summed E-state index contributed by atoms with van der Waals surface area (Å²) in [4.78, 5) is 40.6. The summed E-state index contributed by atoms with van der Waals surface area (Å²) in [7, 11) is 0. The first-order valence-corrected chi connectivity index (χ1v) is 14.1. The molecule has 0 radical (unpaired) electrons. The van der Waals surface area contributed by atoms with Gasteiger partial charge in [-0.25, -0.2) is 14.2 Å². The first-order valence-electron chi connectivity index (χ1n) is 14.1. The Kier molecular flexibility index (Phi) is 7.59. The van der Waals surface area contributed by atoms with Crippen LogP contribution in [0.3, 0.4) is 0 Å². The van der Waals surface area contributed by atoms with Gasteiger partial charge in [0, 0.05) is 17.0 Å². The number of rotatable bonds is 9. The molecule has 220 valence electrons. The SMILES string of the molecule is C=CCOC(=O)c1cccc(-c2ccc(C(c3c(C)[nH]n(-c4ccccc4)c3=O)c3c(C)[nH]n(-c4ccccc4)c3=O)o2)c1. The van der Waals surface area contributed by atoms with E-state index in [2.05, 4.69) is 16.8 Å². The Morgan fingerprint density at radius 3 is 1.93 bits per heavy atom. The third-order valence-electron chi connectivity index (χ3n) is 7.47. The van der Waals surface area contributed by atoms with Gasteiger partial charge >= 0.3 is 5.97 Å². The van der Waals surface area contributed by atoms with E-state index in [1.165, 1.54) is 15.4 Å². The molecular formula is C35H30N4O5. The van der Waals surface area contributed by atoms with Crippen LogP contribution >= 0.6 is 0 Å². The van der Waals surface area contributed by atoms with Crippen molar-refractivity contribution in [3.8, 4) is 22.7 Å². The van der Waals surface area contributed by atoms with Gasteiger partial charge in [-0.1, -0.05) is 61.2 Å². The molecule has 9 nitrogen and oxygen atoms in total. The predicted octanol–water partition coefficient (Wildman–Crippen LogP) is 6.04. The highest BCUT2D eigenvalue weighted by Crippen LogP contribution is 2.35. The fourth-order valence-electron chi connectivity index (χ4n) is 5.43. The van der Waals surface area contributed by atoms with Crippen LogP contribution in [-0.2, 0) is 4.74 Å². The van der Waals surface area contributed by atoms with E-state index in [1.807, 2.05) is 80.6 Å². The van der Waals surface area contributed by atoms with Gasteiger partial charge in [-0.05, 0) is 62.4 Å². The first kappa shape index (κ1) is 28.3. The summed E-state index contributed by atoms with van der Waals surface area (Å²) >= 11 is 0. The average molecular weight is 587 g/mol. The molecule has 0 aliphatic rings. The minimum atomic E-state index is -0.841. The Morgan fingerprint density at radius 1 is 0.818 bits per heavy atom. The monoisotopic (exact) mass is 586 g/mol. The molecule has 44 heavy (non-hydrogen) atoms. The number of H-pyrrole nitrogens is 2. The molecule has 0 aliphatic heterocycles. The summed E-state index contributed by atoms with van der Waals surface area (Å²) in [6.07, 6.45) is 1.50. The molecule has 2 N–H and O–H groups in total. The molecule has 0 fully saturated rings. The van der Waals surface area contributed by atoms with Gasteiger partial charge < -0.3 is 9.15 Å². The molecular weight excluding hydrogens is 556 g/mol. The van der Waals surface area contributed by atoms with Gasteiger partial charge in [0.05, 0.1) is 34.0 Å². The molecule has 0 spiro atoms. The highest BCUT2D eigenvalue weighted by Gasteiger charge is 2.33. The lowest BCUT2D eigenvalue weighted by Crippen LogP contribution is -2.25. The lowest BCUT2D eigenvalue weighted by molar-refractivity contribution is 0.0550. The number of aryl methyl sites for hydroxylation is 2. The molecule has 3 aromatic heterocycles. The number of ether oxygens (including phenoxy) is 1. The number of nitrogens with one attached hydrogen (secondary N) is 2. The minimum Gasteiger partial charge on any atom is -0.460 e. The van der Waals surface area contributed by atoms with Crippen LogP contribution in [-0.4, -0.2) is 32.1 Å². The van der Waals surface area contributed by atoms with Crippen LogP contribution in [0.5, 0.6) is 0 Å². The second-order valence-electron chi connectivity index (χ2n) is 10.4. The van der Waals surface area contributed by atoms with Crippen molar-refractivity contribution in [3.63, 3.8) is 0 Å². The van der Waals surface area contributed by atoms with Crippen LogP contribution in [0.2, 0.25) is 0 Å². The summed E-state index contributed by atoms with van der Waals surface area (Å²) in [5, 5.41) is 6.37. The molecule has 9 heteroatoms. The van der Waals surface area contributed by atoms with Crippen LogP contribution in [0.1, 0.15) is 44.6 Å². The van der Waals surface area contributed by atoms with Crippen molar-refractivity contribution in [2.24, 2.45) is 0 Å². The number of aromatic nitrogens is 4. The number of nitrogens with zero attached hydrogens (tertiary/aromatic N) is 2.